The molecular formula is C26H29N3O4. The lowest BCUT2D eigenvalue weighted by atomic mass is 9.98. The van der Waals surface area contributed by atoms with Gasteiger partial charge in [0.05, 0.1) is 18.2 Å². The number of fused-ring (bicyclic) bond motifs is 3. The van der Waals surface area contributed by atoms with Crippen LogP contribution < -0.4 is 0 Å². The van der Waals surface area contributed by atoms with Gasteiger partial charge in [-0.1, -0.05) is 55.5 Å². The molecule has 0 aliphatic heterocycles. The molecule has 1 N–H and O–H groups in total. The molecule has 0 fully saturated rings. The quantitative estimate of drug-likeness (QED) is 0.510. The van der Waals surface area contributed by atoms with Gasteiger partial charge in [0.1, 0.15) is 6.61 Å². The van der Waals surface area contributed by atoms with E-state index < -0.39 is 18.1 Å². The zero-order valence-electron chi connectivity index (χ0n) is 19.1. The molecule has 1 amide bonds. The van der Waals surface area contributed by atoms with Gasteiger partial charge in [0.25, 0.3) is 0 Å². The molecule has 3 aromatic rings. The molecule has 172 valence electrons. The molecular weight excluding hydrogens is 418 g/mol. The molecule has 0 radical (unpaired) electrons. The van der Waals surface area contributed by atoms with Crippen molar-refractivity contribution in [3.63, 3.8) is 0 Å². The fraction of sp³-hybridized carbons (Fsp3) is 0.346. The maximum absolute atomic E-state index is 13.2. The molecule has 1 aromatic heterocycles. The van der Waals surface area contributed by atoms with Gasteiger partial charge in [0.15, 0.2) is 6.04 Å². The second kappa shape index (κ2) is 9.48. The van der Waals surface area contributed by atoms with Gasteiger partial charge in [-0.25, -0.2) is 14.6 Å². The molecule has 1 unspecified atom stereocenters. The van der Waals surface area contributed by atoms with Crippen LogP contribution in [-0.4, -0.2) is 44.8 Å². The molecule has 7 heteroatoms. The van der Waals surface area contributed by atoms with Crippen LogP contribution in [0.2, 0.25) is 0 Å². The number of rotatable bonds is 8. The fourth-order valence-corrected chi connectivity index (χ4v) is 4.62. The summed E-state index contributed by atoms with van der Waals surface area (Å²) in [5.41, 5.74) is 4.97. The number of ether oxygens (including phenoxy) is 1. The molecule has 1 atom stereocenters. The van der Waals surface area contributed by atoms with E-state index in [1.807, 2.05) is 45.0 Å². The number of carbonyl (C=O) groups is 2. The summed E-state index contributed by atoms with van der Waals surface area (Å²) in [5, 5.41) is 10.0. The standard InChI is InChI=1S/C26H29N3O4/c1-4-13-28(24(25(30)31)23-14-27-16-29(23)17(2)3)26(32)33-15-22-20-11-7-5-9-18(20)19-10-6-8-12-21(19)22/h5-12,14,16-17,22,24H,4,13,15H2,1-3H3,(H,30,31). The first-order valence-electron chi connectivity index (χ1n) is 11.3. The van der Waals surface area contributed by atoms with Crippen LogP contribution >= 0.6 is 0 Å². The molecule has 1 aliphatic rings. The molecule has 0 saturated carbocycles. The van der Waals surface area contributed by atoms with Gasteiger partial charge >= 0.3 is 12.1 Å². The Morgan fingerprint density at radius 2 is 1.70 bits per heavy atom. The highest BCUT2D eigenvalue weighted by atomic mass is 16.6. The van der Waals surface area contributed by atoms with E-state index in [1.54, 1.807) is 10.9 Å². The Hall–Kier alpha value is -3.61. The highest BCUT2D eigenvalue weighted by molar-refractivity contribution is 5.82. The van der Waals surface area contributed by atoms with Crippen LogP contribution in [0.15, 0.2) is 61.1 Å². The molecule has 2 aromatic carbocycles. The second-order valence-corrected chi connectivity index (χ2v) is 8.56. The molecule has 0 saturated heterocycles. The molecule has 4 rings (SSSR count). The topological polar surface area (TPSA) is 84.7 Å². The summed E-state index contributed by atoms with van der Waals surface area (Å²) in [4.78, 5) is 31.0. The monoisotopic (exact) mass is 447 g/mol. The molecule has 33 heavy (non-hydrogen) atoms. The van der Waals surface area contributed by atoms with Crippen molar-refractivity contribution in [2.75, 3.05) is 13.2 Å². The van der Waals surface area contributed by atoms with E-state index in [1.165, 1.54) is 11.1 Å². The lowest BCUT2D eigenvalue weighted by Gasteiger charge is -2.29. The number of nitrogens with zero attached hydrogens (tertiary/aromatic N) is 3. The summed E-state index contributed by atoms with van der Waals surface area (Å²) >= 11 is 0. The number of benzene rings is 2. The molecule has 7 nitrogen and oxygen atoms in total. The summed E-state index contributed by atoms with van der Waals surface area (Å²) in [6.45, 7) is 6.20. The molecule has 1 heterocycles. The largest absolute Gasteiger partial charge is 0.479 e. The first-order chi connectivity index (χ1) is 15.9. The van der Waals surface area contributed by atoms with Crippen molar-refractivity contribution in [2.45, 2.75) is 45.2 Å². The second-order valence-electron chi connectivity index (χ2n) is 8.56. The van der Waals surface area contributed by atoms with E-state index in [0.717, 1.165) is 22.3 Å². The van der Waals surface area contributed by atoms with Crippen LogP contribution in [-0.2, 0) is 9.53 Å². The number of carboxylic acids is 1. The Bertz CT molecular complexity index is 1110. The lowest BCUT2D eigenvalue weighted by molar-refractivity contribution is -0.143. The Kier molecular flexibility index (Phi) is 6.49. The minimum absolute atomic E-state index is 0.00957. The van der Waals surface area contributed by atoms with Crippen molar-refractivity contribution in [2.24, 2.45) is 0 Å². The van der Waals surface area contributed by atoms with Crippen molar-refractivity contribution >= 4 is 12.1 Å². The van der Waals surface area contributed by atoms with Gasteiger partial charge in [-0.05, 0) is 42.5 Å². The number of carboxylic acid groups (broad SMARTS) is 1. The zero-order chi connectivity index (χ0) is 23.5. The van der Waals surface area contributed by atoms with Crippen LogP contribution in [0.1, 0.15) is 62.0 Å². The highest BCUT2D eigenvalue weighted by Crippen LogP contribution is 2.44. The summed E-state index contributed by atoms with van der Waals surface area (Å²) in [7, 11) is 0. The van der Waals surface area contributed by atoms with Gasteiger partial charge in [-0.3, -0.25) is 4.90 Å². The third-order valence-electron chi connectivity index (χ3n) is 6.11. The van der Waals surface area contributed by atoms with E-state index >= 15 is 0 Å². The van der Waals surface area contributed by atoms with Crippen molar-refractivity contribution in [1.29, 1.82) is 0 Å². The summed E-state index contributed by atoms with van der Waals surface area (Å²) in [6.07, 6.45) is 3.07. The van der Waals surface area contributed by atoms with Gasteiger partial charge < -0.3 is 14.4 Å². The average molecular weight is 448 g/mol. The van der Waals surface area contributed by atoms with Crippen molar-refractivity contribution < 1.29 is 19.4 Å². The maximum Gasteiger partial charge on any atom is 0.410 e. The number of hydrogen-bond acceptors (Lipinski definition) is 4. The van der Waals surface area contributed by atoms with Gasteiger partial charge in [-0.15, -0.1) is 0 Å². The Morgan fingerprint density at radius 3 is 2.24 bits per heavy atom. The summed E-state index contributed by atoms with van der Waals surface area (Å²) in [6, 6.07) is 15.1. The van der Waals surface area contributed by atoms with E-state index in [-0.39, 0.29) is 25.1 Å². The predicted octanol–water partition coefficient (Wildman–Crippen LogP) is 5.25. The third-order valence-corrected chi connectivity index (χ3v) is 6.11. The first kappa shape index (κ1) is 22.6. The van der Waals surface area contributed by atoms with Crippen molar-refractivity contribution in [3.8, 4) is 11.1 Å². The van der Waals surface area contributed by atoms with Crippen molar-refractivity contribution in [3.05, 3.63) is 77.9 Å². The number of imidazole rings is 1. The summed E-state index contributed by atoms with van der Waals surface area (Å²) < 4.78 is 7.55. The highest BCUT2D eigenvalue weighted by Gasteiger charge is 2.36. The first-order valence-corrected chi connectivity index (χ1v) is 11.3. The average Bonchev–Trinajstić information content (AvgIpc) is 3.40. The Balaban J connectivity index is 1.59. The summed E-state index contributed by atoms with van der Waals surface area (Å²) in [5.74, 6) is -1.20. The number of amides is 1. The Labute approximate surface area is 193 Å². The van der Waals surface area contributed by atoms with E-state index in [9.17, 15) is 14.7 Å². The minimum atomic E-state index is -1.18. The van der Waals surface area contributed by atoms with E-state index in [0.29, 0.717) is 12.1 Å². The van der Waals surface area contributed by atoms with E-state index in [2.05, 4.69) is 29.2 Å². The predicted molar refractivity (Wildman–Crippen MR) is 125 cm³/mol. The van der Waals surface area contributed by atoms with Crippen LogP contribution in [0.25, 0.3) is 11.1 Å². The number of hydrogen-bond donors (Lipinski definition) is 1. The molecule has 0 bridgehead atoms. The lowest BCUT2D eigenvalue weighted by Crippen LogP contribution is -2.41. The third kappa shape index (κ3) is 4.23. The maximum atomic E-state index is 13.2. The van der Waals surface area contributed by atoms with Crippen LogP contribution in [0.4, 0.5) is 4.79 Å². The smallest absolute Gasteiger partial charge is 0.410 e. The van der Waals surface area contributed by atoms with Crippen LogP contribution in [0, 0.1) is 0 Å². The number of aromatic nitrogens is 2. The van der Waals surface area contributed by atoms with E-state index in [4.69, 9.17) is 4.74 Å². The van der Waals surface area contributed by atoms with Gasteiger partial charge in [0.2, 0.25) is 0 Å². The number of aliphatic carboxylic acids is 1. The zero-order valence-corrected chi connectivity index (χ0v) is 19.1. The minimum Gasteiger partial charge on any atom is -0.479 e. The van der Waals surface area contributed by atoms with Crippen LogP contribution in [0.5, 0.6) is 0 Å². The number of carbonyl (C=O) groups excluding carboxylic acids is 1. The van der Waals surface area contributed by atoms with Gasteiger partial charge in [-0.2, -0.15) is 0 Å². The molecule has 1 aliphatic carbocycles. The normalized spacial score (nSPS) is 13.5. The molecule has 0 spiro atoms. The fourth-order valence-electron chi connectivity index (χ4n) is 4.62. The SMILES string of the molecule is CCCN(C(=O)OCC1c2ccccc2-c2ccccc21)C(C(=O)O)c1cncn1C(C)C. The van der Waals surface area contributed by atoms with Gasteiger partial charge in [0, 0.05) is 18.5 Å². The Morgan fingerprint density at radius 1 is 1.09 bits per heavy atom. The van der Waals surface area contributed by atoms with Crippen molar-refractivity contribution in [1.82, 2.24) is 14.5 Å². The van der Waals surface area contributed by atoms with Crippen LogP contribution in [0.3, 0.4) is 0 Å².